The minimum Gasteiger partial charge on any atom is -0.469 e. The topological polar surface area (TPSA) is 96.7 Å². The molecule has 0 aliphatic carbocycles. The van der Waals surface area contributed by atoms with Crippen LogP contribution in [0.5, 0.6) is 0 Å². The molecular formula is C25H26N2O6. The average Bonchev–Trinajstić information content (AvgIpc) is 3.12. The standard InChI is InChI=1S/C25H26N2O6/c1-15-6-10-17(11-7-15)21-19(14-20(28)31-4)26-27(3)22(21)23(25(30)32-5)33-24(29)18-12-8-16(2)9-13-18/h6-13,23H,14H2,1-5H3. The van der Waals surface area contributed by atoms with Crippen molar-refractivity contribution in [2.45, 2.75) is 26.4 Å². The number of ether oxygens (including phenoxy) is 3. The average molecular weight is 450 g/mol. The van der Waals surface area contributed by atoms with Crippen molar-refractivity contribution in [3.8, 4) is 11.1 Å². The molecule has 172 valence electrons. The zero-order chi connectivity index (χ0) is 24.1. The largest absolute Gasteiger partial charge is 0.469 e. The van der Waals surface area contributed by atoms with Crippen molar-refractivity contribution in [1.29, 1.82) is 0 Å². The van der Waals surface area contributed by atoms with Gasteiger partial charge in [0, 0.05) is 12.6 Å². The third kappa shape index (κ3) is 5.28. The molecule has 0 bridgehead atoms. The summed E-state index contributed by atoms with van der Waals surface area (Å²) in [6.07, 6.45) is -1.52. The van der Waals surface area contributed by atoms with Gasteiger partial charge in [0.25, 0.3) is 0 Å². The van der Waals surface area contributed by atoms with E-state index in [9.17, 15) is 14.4 Å². The molecule has 0 N–H and O–H groups in total. The predicted octanol–water partition coefficient (Wildman–Crippen LogP) is 3.49. The highest BCUT2D eigenvalue weighted by Gasteiger charge is 2.34. The Bertz CT molecular complexity index is 1160. The summed E-state index contributed by atoms with van der Waals surface area (Å²) in [4.78, 5) is 37.7. The predicted molar refractivity (Wildman–Crippen MR) is 120 cm³/mol. The normalized spacial score (nSPS) is 11.5. The number of hydrogen-bond donors (Lipinski definition) is 0. The van der Waals surface area contributed by atoms with Crippen LogP contribution in [-0.2, 0) is 37.3 Å². The molecule has 1 aromatic heterocycles. The van der Waals surface area contributed by atoms with Crippen molar-refractivity contribution in [1.82, 2.24) is 9.78 Å². The molecule has 8 nitrogen and oxygen atoms in total. The number of aryl methyl sites for hydroxylation is 3. The van der Waals surface area contributed by atoms with Gasteiger partial charge >= 0.3 is 17.9 Å². The molecule has 0 fully saturated rings. The maximum absolute atomic E-state index is 12.9. The SMILES string of the molecule is COC(=O)Cc1nn(C)c(C(OC(=O)c2ccc(C)cc2)C(=O)OC)c1-c1ccc(C)cc1. The Kier molecular flexibility index (Phi) is 7.27. The van der Waals surface area contributed by atoms with Crippen molar-refractivity contribution in [2.75, 3.05) is 14.2 Å². The lowest BCUT2D eigenvalue weighted by molar-refractivity contribution is -0.151. The third-order valence-corrected chi connectivity index (χ3v) is 5.22. The molecule has 33 heavy (non-hydrogen) atoms. The molecule has 0 spiro atoms. The molecule has 1 heterocycles. The van der Waals surface area contributed by atoms with Crippen LogP contribution in [0.2, 0.25) is 0 Å². The zero-order valence-electron chi connectivity index (χ0n) is 19.2. The molecule has 0 radical (unpaired) electrons. The maximum Gasteiger partial charge on any atom is 0.353 e. The Morgan fingerprint density at radius 1 is 0.909 bits per heavy atom. The van der Waals surface area contributed by atoms with E-state index in [0.717, 1.165) is 11.1 Å². The summed E-state index contributed by atoms with van der Waals surface area (Å²) in [6.45, 7) is 3.85. The molecule has 3 aromatic rings. The Morgan fingerprint density at radius 3 is 2.03 bits per heavy atom. The highest BCUT2D eigenvalue weighted by Crippen LogP contribution is 2.35. The number of benzene rings is 2. The van der Waals surface area contributed by atoms with Gasteiger partial charge in [0.1, 0.15) is 0 Å². The summed E-state index contributed by atoms with van der Waals surface area (Å²) in [5, 5.41) is 4.44. The number of aromatic nitrogens is 2. The second kappa shape index (κ2) is 10.1. The Morgan fingerprint density at radius 2 is 1.48 bits per heavy atom. The lowest BCUT2D eigenvalue weighted by atomic mass is 9.98. The molecule has 8 heteroatoms. The van der Waals surface area contributed by atoms with Crippen LogP contribution in [0.25, 0.3) is 11.1 Å². The van der Waals surface area contributed by atoms with Crippen molar-refractivity contribution >= 4 is 17.9 Å². The fourth-order valence-electron chi connectivity index (χ4n) is 3.45. The van der Waals surface area contributed by atoms with E-state index in [1.807, 2.05) is 38.1 Å². The smallest absolute Gasteiger partial charge is 0.353 e. The third-order valence-electron chi connectivity index (χ3n) is 5.22. The van der Waals surface area contributed by atoms with Gasteiger partial charge in [0.15, 0.2) is 0 Å². The quantitative estimate of drug-likeness (QED) is 0.401. The van der Waals surface area contributed by atoms with Crippen molar-refractivity contribution in [3.63, 3.8) is 0 Å². The van der Waals surface area contributed by atoms with Crippen LogP contribution < -0.4 is 0 Å². The summed E-state index contributed by atoms with van der Waals surface area (Å²) >= 11 is 0. The van der Waals surface area contributed by atoms with Crippen LogP contribution in [0, 0.1) is 13.8 Å². The Balaban J connectivity index is 2.13. The summed E-state index contributed by atoms with van der Waals surface area (Å²) in [7, 11) is 4.12. The second-order valence-corrected chi connectivity index (χ2v) is 7.62. The van der Waals surface area contributed by atoms with E-state index < -0.39 is 24.0 Å². The van der Waals surface area contributed by atoms with Crippen LogP contribution in [0.4, 0.5) is 0 Å². The van der Waals surface area contributed by atoms with Crippen molar-refractivity contribution in [2.24, 2.45) is 7.05 Å². The van der Waals surface area contributed by atoms with Crippen LogP contribution in [0.15, 0.2) is 48.5 Å². The van der Waals surface area contributed by atoms with Gasteiger partial charge < -0.3 is 14.2 Å². The van der Waals surface area contributed by atoms with Crippen molar-refractivity contribution < 1.29 is 28.6 Å². The zero-order valence-corrected chi connectivity index (χ0v) is 19.2. The molecule has 1 atom stereocenters. The fourth-order valence-corrected chi connectivity index (χ4v) is 3.45. The monoisotopic (exact) mass is 450 g/mol. The number of carbonyl (C=O) groups is 3. The van der Waals surface area contributed by atoms with Crippen LogP contribution in [-0.4, -0.2) is 41.9 Å². The number of rotatable bonds is 7. The highest BCUT2D eigenvalue weighted by atomic mass is 16.6. The summed E-state index contributed by atoms with van der Waals surface area (Å²) in [5.74, 6) is -1.94. The number of carbonyl (C=O) groups excluding carboxylic acids is 3. The summed E-state index contributed by atoms with van der Waals surface area (Å²) < 4.78 is 16.8. The number of methoxy groups -OCH3 is 2. The maximum atomic E-state index is 12.9. The minimum atomic E-state index is -1.40. The minimum absolute atomic E-state index is 0.118. The first kappa shape index (κ1) is 23.7. The number of hydrogen-bond acceptors (Lipinski definition) is 7. The van der Waals surface area contributed by atoms with E-state index in [1.54, 1.807) is 31.3 Å². The molecule has 2 aromatic carbocycles. The van der Waals surface area contributed by atoms with E-state index in [4.69, 9.17) is 14.2 Å². The fraction of sp³-hybridized carbons (Fsp3) is 0.280. The number of esters is 3. The van der Waals surface area contributed by atoms with E-state index in [-0.39, 0.29) is 6.42 Å². The van der Waals surface area contributed by atoms with Gasteiger partial charge in [0.05, 0.1) is 37.6 Å². The van der Waals surface area contributed by atoms with E-state index in [1.165, 1.54) is 18.9 Å². The molecular weight excluding hydrogens is 424 g/mol. The lowest BCUT2D eigenvalue weighted by Crippen LogP contribution is -2.24. The Labute approximate surface area is 192 Å². The molecule has 0 saturated carbocycles. The molecule has 3 rings (SSSR count). The summed E-state index contributed by atoms with van der Waals surface area (Å²) in [5.41, 5.74) is 4.22. The molecule has 0 aliphatic rings. The van der Waals surface area contributed by atoms with Gasteiger partial charge in [-0.25, -0.2) is 9.59 Å². The van der Waals surface area contributed by atoms with Crippen LogP contribution in [0.3, 0.4) is 0 Å². The first-order valence-corrected chi connectivity index (χ1v) is 10.3. The van der Waals surface area contributed by atoms with Gasteiger partial charge in [0.2, 0.25) is 6.10 Å². The van der Waals surface area contributed by atoms with Crippen LogP contribution >= 0.6 is 0 Å². The lowest BCUT2D eigenvalue weighted by Gasteiger charge is -2.18. The van der Waals surface area contributed by atoms with E-state index in [2.05, 4.69) is 5.10 Å². The van der Waals surface area contributed by atoms with Gasteiger partial charge in [-0.1, -0.05) is 47.5 Å². The highest BCUT2D eigenvalue weighted by molar-refractivity contribution is 5.92. The number of nitrogens with zero attached hydrogens (tertiary/aromatic N) is 2. The van der Waals surface area contributed by atoms with Gasteiger partial charge in [-0.05, 0) is 31.5 Å². The van der Waals surface area contributed by atoms with Crippen LogP contribution in [0.1, 0.15) is 39.0 Å². The Hall–Kier alpha value is -3.94. The summed E-state index contributed by atoms with van der Waals surface area (Å²) in [6, 6.07) is 14.3. The molecule has 0 aliphatic heterocycles. The first-order chi connectivity index (χ1) is 15.7. The molecule has 1 unspecified atom stereocenters. The van der Waals surface area contributed by atoms with Crippen molar-refractivity contribution in [3.05, 3.63) is 76.6 Å². The van der Waals surface area contributed by atoms with E-state index in [0.29, 0.717) is 28.1 Å². The second-order valence-electron chi connectivity index (χ2n) is 7.62. The molecule has 0 saturated heterocycles. The van der Waals surface area contributed by atoms with Gasteiger partial charge in [-0.3, -0.25) is 9.48 Å². The molecule has 0 amide bonds. The van der Waals surface area contributed by atoms with Gasteiger partial charge in [-0.15, -0.1) is 0 Å². The first-order valence-electron chi connectivity index (χ1n) is 10.3. The van der Waals surface area contributed by atoms with Gasteiger partial charge in [-0.2, -0.15) is 5.10 Å². The van der Waals surface area contributed by atoms with E-state index >= 15 is 0 Å².